The zero-order valence-electron chi connectivity index (χ0n) is 7.98. The average molecular weight is 184 g/mol. The number of rotatable bonds is 0. The Morgan fingerprint density at radius 1 is 0.667 bits per heavy atom. The van der Waals surface area contributed by atoms with Crippen molar-refractivity contribution in [3.8, 4) is 0 Å². The zero-order valence-corrected chi connectivity index (χ0v) is 8.98. The molecule has 2 fully saturated rings. The van der Waals surface area contributed by atoms with Crippen molar-refractivity contribution >= 4 is 9.76 Å². The van der Waals surface area contributed by atoms with Gasteiger partial charge in [-0.05, 0) is 12.5 Å². The van der Waals surface area contributed by atoms with Gasteiger partial charge < -0.3 is 4.43 Å². The first-order chi connectivity index (χ1) is 6.00. The molecule has 0 amide bonds. The molecule has 0 aromatic carbocycles. The largest absolute Gasteiger partial charge is 0.417 e. The quantitative estimate of drug-likeness (QED) is 0.525. The summed E-state index contributed by atoms with van der Waals surface area (Å²) < 4.78 is 5.10. The summed E-state index contributed by atoms with van der Waals surface area (Å²) in [5.74, 6) is 0. The van der Waals surface area contributed by atoms with E-state index >= 15 is 0 Å². The van der Waals surface area contributed by atoms with Gasteiger partial charge in [0.25, 0.3) is 0 Å². The third-order valence-corrected chi connectivity index (χ3v) is 3.34. The van der Waals surface area contributed by atoms with Gasteiger partial charge in [-0.25, -0.2) is 0 Å². The molecule has 0 aromatic heterocycles. The van der Waals surface area contributed by atoms with Crippen LogP contribution in [0.25, 0.3) is 0 Å². The van der Waals surface area contributed by atoms with Gasteiger partial charge in [0.2, 0.25) is 9.76 Å². The molecule has 1 nitrogen and oxygen atoms in total. The summed E-state index contributed by atoms with van der Waals surface area (Å²) >= 11 is 0. The van der Waals surface area contributed by atoms with E-state index in [-0.39, 0.29) is 0 Å². The van der Waals surface area contributed by atoms with Crippen LogP contribution in [0.15, 0.2) is 0 Å². The van der Waals surface area contributed by atoms with Gasteiger partial charge in [0, 0.05) is 6.61 Å². The first kappa shape index (κ1) is 10.3. The minimum atomic E-state index is 0.802. The van der Waals surface area contributed by atoms with Gasteiger partial charge in [-0.1, -0.05) is 44.9 Å². The van der Waals surface area contributed by atoms with Crippen LogP contribution in [0.2, 0.25) is 6.04 Å². The van der Waals surface area contributed by atoms with E-state index in [4.69, 9.17) is 4.43 Å². The van der Waals surface area contributed by atoms with Crippen molar-refractivity contribution in [1.29, 1.82) is 0 Å². The van der Waals surface area contributed by atoms with E-state index in [1.807, 2.05) is 0 Å². The van der Waals surface area contributed by atoms with Gasteiger partial charge in [0.05, 0.1) is 0 Å². The second-order valence-corrected chi connectivity index (χ2v) is 4.65. The highest BCUT2D eigenvalue weighted by Gasteiger charge is 1.97. The van der Waals surface area contributed by atoms with E-state index in [0.29, 0.717) is 0 Å². The predicted octanol–water partition coefficient (Wildman–Crippen LogP) is 3.17. The van der Waals surface area contributed by atoms with Gasteiger partial charge in [-0.3, -0.25) is 0 Å². The van der Waals surface area contributed by atoms with Crippen molar-refractivity contribution in [1.82, 2.24) is 0 Å². The van der Waals surface area contributed by atoms with Gasteiger partial charge in [-0.15, -0.1) is 0 Å². The fourth-order valence-electron chi connectivity index (χ4n) is 1.58. The highest BCUT2D eigenvalue weighted by molar-refractivity contribution is 6.27. The molecule has 1 heterocycles. The summed E-state index contributed by atoms with van der Waals surface area (Å²) in [6.07, 6.45) is 11.7. The predicted molar refractivity (Wildman–Crippen MR) is 53.4 cm³/mol. The maximum Gasteiger partial charge on any atom is 0.229 e. The van der Waals surface area contributed by atoms with Crippen LogP contribution in [0.3, 0.4) is 0 Å². The van der Waals surface area contributed by atoms with Gasteiger partial charge >= 0.3 is 0 Å². The molecule has 2 radical (unpaired) electrons. The van der Waals surface area contributed by atoms with Crippen LogP contribution < -0.4 is 0 Å². The summed E-state index contributed by atoms with van der Waals surface area (Å²) in [5.41, 5.74) is 0. The average Bonchev–Trinajstić information content (AvgIpc) is 2.24. The zero-order chi connectivity index (χ0) is 8.49. The molecule has 1 aliphatic heterocycles. The Hall–Kier alpha value is 0.177. The van der Waals surface area contributed by atoms with Crippen molar-refractivity contribution in [3.63, 3.8) is 0 Å². The molecule has 2 heteroatoms. The SMILES string of the molecule is C1CCCCC1.C1CC[Si]OC1. The van der Waals surface area contributed by atoms with E-state index < -0.39 is 0 Å². The van der Waals surface area contributed by atoms with Crippen LogP contribution in [-0.2, 0) is 4.43 Å². The molecule has 2 rings (SSSR count). The van der Waals surface area contributed by atoms with Crippen LogP contribution in [0.5, 0.6) is 0 Å². The first-order valence-corrected chi connectivity index (χ1v) is 6.46. The summed E-state index contributed by atoms with van der Waals surface area (Å²) in [6, 6.07) is 1.31. The lowest BCUT2D eigenvalue weighted by Gasteiger charge is -2.06. The third kappa shape index (κ3) is 5.78. The smallest absolute Gasteiger partial charge is 0.229 e. The number of hydrogen-bond acceptors (Lipinski definition) is 1. The van der Waals surface area contributed by atoms with Gasteiger partial charge in [0.1, 0.15) is 0 Å². The highest BCUT2D eigenvalue weighted by atomic mass is 28.2. The van der Waals surface area contributed by atoms with Gasteiger partial charge in [-0.2, -0.15) is 0 Å². The Morgan fingerprint density at radius 3 is 1.42 bits per heavy atom. The summed E-state index contributed by atoms with van der Waals surface area (Å²) in [4.78, 5) is 0. The Labute approximate surface area is 78.8 Å². The molecular formula is C10H20OSi. The normalized spacial score (nSPS) is 24.0. The summed E-state index contributed by atoms with van der Waals surface area (Å²) in [6.45, 7) is 1.01. The lowest BCUT2D eigenvalue weighted by molar-refractivity contribution is 0.304. The minimum absolute atomic E-state index is 0.802. The Balaban J connectivity index is 0.000000120. The summed E-state index contributed by atoms with van der Waals surface area (Å²) in [5, 5.41) is 0. The molecule has 0 N–H and O–H groups in total. The van der Waals surface area contributed by atoms with Crippen molar-refractivity contribution in [3.05, 3.63) is 0 Å². The fraction of sp³-hybridized carbons (Fsp3) is 1.00. The molecule has 0 aromatic rings. The van der Waals surface area contributed by atoms with Crippen LogP contribution in [-0.4, -0.2) is 16.4 Å². The van der Waals surface area contributed by atoms with E-state index in [0.717, 1.165) is 16.4 Å². The Bertz CT molecular complexity index is 52.8. The molecule has 0 spiro atoms. The van der Waals surface area contributed by atoms with Crippen molar-refractivity contribution in [2.75, 3.05) is 6.61 Å². The Kier molecular flexibility index (Phi) is 6.67. The molecule has 2 aliphatic rings. The standard InChI is InChI=1S/C6H12.C4H8OSi/c2*1-2-4-6-5-3-1/h1-6H2;1-4H2. The molecule has 0 bridgehead atoms. The van der Waals surface area contributed by atoms with E-state index in [2.05, 4.69) is 0 Å². The Morgan fingerprint density at radius 2 is 1.25 bits per heavy atom. The van der Waals surface area contributed by atoms with E-state index in [1.165, 1.54) is 57.4 Å². The molecule has 0 atom stereocenters. The third-order valence-electron chi connectivity index (χ3n) is 2.38. The maximum absolute atomic E-state index is 5.10. The lowest BCUT2D eigenvalue weighted by atomic mass is 10.0. The molecular weight excluding hydrogens is 164 g/mol. The van der Waals surface area contributed by atoms with E-state index in [1.54, 1.807) is 0 Å². The van der Waals surface area contributed by atoms with Crippen molar-refractivity contribution in [2.24, 2.45) is 0 Å². The molecule has 1 aliphatic carbocycles. The monoisotopic (exact) mass is 184 g/mol. The fourth-order valence-corrected chi connectivity index (χ4v) is 2.40. The second kappa shape index (κ2) is 7.81. The highest BCUT2D eigenvalue weighted by Crippen LogP contribution is 2.15. The second-order valence-electron chi connectivity index (χ2n) is 3.57. The van der Waals surface area contributed by atoms with E-state index in [9.17, 15) is 0 Å². The topological polar surface area (TPSA) is 9.23 Å². The number of hydrogen-bond donors (Lipinski definition) is 0. The summed E-state index contributed by atoms with van der Waals surface area (Å²) in [7, 11) is 0.802. The van der Waals surface area contributed by atoms with Crippen LogP contribution in [0.4, 0.5) is 0 Å². The molecule has 1 saturated carbocycles. The van der Waals surface area contributed by atoms with Crippen LogP contribution >= 0.6 is 0 Å². The molecule has 0 unspecified atom stereocenters. The first-order valence-electron chi connectivity index (χ1n) is 5.35. The minimum Gasteiger partial charge on any atom is -0.417 e. The van der Waals surface area contributed by atoms with Crippen molar-refractivity contribution < 1.29 is 4.43 Å². The molecule has 70 valence electrons. The van der Waals surface area contributed by atoms with Crippen LogP contribution in [0.1, 0.15) is 51.4 Å². The molecule has 1 saturated heterocycles. The maximum atomic E-state index is 5.10. The van der Waals surface area contributed by atoms with Gasteiger partial charge in [0.15, 0.2) is 0 Å². The lowest BCUT2D eigenvalue weighted by Crippen LogP contribution is -2.06. The molecule has 12 heavy (non-hydrogen) atoms. The van der Waals surface area contributed by atoms with Crippen molar-refractivity contribution in [2.45, 2.75) is 57.4 Å². The van der Waals surface area contributed by atoms with Crippen LogP contribution in [0, 0.1) is 0 Å².